The molecule has 4 aromatic carbocycles. The molecule has 16 rings (SSSR count). The zero-order valence-electron chi connectivity index (χ0n) is 69.7. The molecule has 0 aliphatic carbocycles. The highest BCUT2D eigenvalue weighted by atomic mass is 32.2. The molecule has 8 aliphatic heterocycles. The zero-order chi connectivity index (χ0) is 88.9. The SMILES string of the molecule is Cc1ccc(N2CCCCS2(=O)=O)cc1.Cc1ccc(N2CCCCS2(=O)=O)cc1F.Cc1ccc(N2CCCCS2(=O)=O)cn1.Cc1ccc(N2CCCNS2(=O)=O)cc1.Cc1ccc(N2CCCNS2(=O)=O)cc1F.Cc1ccc(N2CCCNS2(=O)=O)cn1.Cc1ncc(N2CCCCS2(=O)=O)cn1.Cc1ncc(N2CCCCS2(=O)=O)cn1. The lowest BCUT2D eigenvalue weighted by atomic mass is 10.2. The molecule has 3 N–H and O–H groups in total. The van der Waals surface area contributed by atoms with Crippen LogP contribution in [-0.2, 0) is 80.7 Å². The summed E-state index contributed by atoms with van der Waals surface area (Å²) in [4.78, 5) is 24.2. The van der Waals surface area contributed by atoms with Gasteiger partial charge >= 0.3 is 30.6 Å². The first kappa shape index (κ1) is 96.9. The fraction of sp³-hybridized carbons (Fsp3) is 0.468. The Morgan fingerprint density at radius 3 is 0.770 bits per heavy atom. The number of nitrogens with zero attached hydrogens (tertiary/aromatic N) is 14. The number of hydrogen-bond donors (Lipinski definition) is 3. The van der Waals surface area contributed by atoms with Crippen LogP contribution in [0.1, 0.15) is 129 Å². The topological polar surface area (TPSA) is 412 Å². The van der Waals surface area contributed by atoms with Gasteiger partial charge in [0.15, 0.2) is 0 Å². The van der Waals surface area contributed by atoms with Crippen molar-refractivity contribution in [3.8, 4) is 0 Å². The lowest BCUT2D eigenvalue weighted by molar-refractivity contribution is 0.558. The molecule has 8 aliphatic rings. The number of halogens is 2. The van der Waals surface area contributed by atoms with Crippen molar-refractivity contribution in [1.82, 2.24) is 44.1 Å². The zero-order valence-corrected chi connectivity index (χ0v) is 76.2. The largest absolute Gasteiger partial charge is 0.301 e. The van der Waals surface area contributed by atoms with E-state index in [4.69, 9.17) is 0 Å². The third-order valence-corrected chi connectivity index (χ3v) is 34.1. The summed E-state index contributed by atoms with van der Waals surface area (Å²) in [6.07, 6.45) is 20.0. The second-order valence-electron chi connectivity index (χ2n) is 29.8. The summed E-state index contributed by atoms with van der Waals surface area (Å²) in [7, 11) is -25.8. The molecule has 0 amide bonds. The third kappa shape index (κ3) is 27.5. The molecular formula is C79H109F2N17O16S8. The van der Waals surface area contributed by atoms with Crippen molar-refractivity contribution in [1.29, 1.82) is 0 Å². The molecule has 0 atom stereocenters. The molecule has 8 fully saturated rings. The van der Waals surface area contributed by atoms with Gasteiger partial charge in [-0.15, -0.1) is 0 Å². The van der Waals surface area contributed by atoms with Crippen LogP contribution in [-0.4, -0.2) is 198 Å². The van der Waals surface area contributed by atoms with Crippen LogP contribution in [0.25, 0.3) is 0 Å². The maximum absolute atomic E-state index is 13.4. The van der Waals surface area contributed by atoms with Gasteiger partial charge in [0.2, 0.25) is 50.1 Å². The Bertz CT molecular complexity index is 5010. The van der Waals surface area contributed by atoms with E-state index < -0.39 is 86.6 Å². The average Bonchev–Trinajstić information content (AvgIpc) is 0.799. The Morgan fingerprint density at radius 2 is 0.484 bits per heavy atom. The number of nitrogens with one attached hydrogen (secondary N) is 3. The van der Waals surface area contributed by atoms with E-state index >= 15 is 0 Å². The first-order chi connectivity index (χ1) is 57.6. The highest BCUT2D eigenvalue weighted by molar-refractivity contribution is 7.94. The molecule has 0 saturated carbocycles. The highest BCUT2D eigenvalue weighted by Crippen LogP contribution is 2.30. The Balaban J connectivity index is 0.000000158. The van der Waals surface area contributed by atoms with E-state index in [1.165, 1.54) is 46.6 Å². The number of aryl methyl sites for hydroxylation is 8. The molecule has 43 heteroatoms. The molecule has 4 aromatic heterocycles. The Hall–Kier alpha value is -8.92. The average molecular weight is 1850 g/mol. The van der Waals surface area contributed by atoms with Gasteiger partial charge in [-0.2, -0.15) is 39.4 Å². The van der Waals surface area contributed by atoms with Crippen LogP contribution < -0.4 is 48.6 Å². The summed E-state index contributed by atoms with van der Waals surface area (Å²) >= 11 is 0. The van der Waals surface area contributed by atoms with Crippen LogP contribution in [0.3, 0.4) is 0 Å². The minimum Gasteiger partial charge on any atom is -0.270 e. The number of benzene rings is 4. The number of sulfonamides is 5. The van der Waals surface area contributed by atoms with Crippen LogP contribution in [0.15, 0.2) is 146 Å². The summed E-state index contributed by atoms with van der Waals surface area (Å²) in [5.41, 5.74) is 9.84. The van der Waals surface area contributed by atoms with E-state index in [1.807, 2.05) is 88.4 Å². The second-order valence-corrected chi connectivity index (χ2v) is 44.9. The van der Waals surface area contributed by atoms with Crippen molar-refractivity contribution in [3.05, 3.63) is 203 Å². The monoisotopic (exact) mass is 1850 g/mol. The van der Waals surface area contributed by atoms with E-state index in [-0.39, 0.29) is 34.6 Å². The molecule has 8 saturated heterocycles. The lowest BCUT2D eigenvalue weighted by Crippen LogP contribution is -2.47. The third-order valence-electron chi connectivity index (χ3n) is 20.1. The van der Waals surface area contributed by atoms with Gasteiger partial charge in [-0.3, -0.25) is 44.4 Å². The van der Waals surface area contributed by atoms with Crippen LogP contribution in [0.4, 0.5) is 54.3 Å². The molecule has 0 spiro atoms. The Labute approximate surface area is 718 Å². The predicted octanol–water partition coefficient (Wildman–Crippen LogP) is 9.39. The van der Waals surface area contributed by atoms with Gasteiger partial charge in [-0.05, 0) is 223 Å². The summed E-state index contributed by atoms with van der Waals surface area (Å²) in [5, 5.41) is 0. The van der Waals surface area contributed by atoms with Gasteiger partial charge in [-0.1, -0.05) is 47.5 Å². The number of anilines is 8. The van der Waals surface area contributed by atoms with Crippen LogP contribution in [0, 0.1) is 67.0 Å². The fourth-order valence-corrected chi connectivity index (χ4v) is 25.3. The molecule has 0 unspecified atom stereocenters. The molecule has 0 radical (unpaired) electrons. The quantitative estimate of drug-likeness (QED) is 0.127. The van der Waals surface area contributed by atoms with E-state index in [1.54, 1.807) is 101 Å². The maximum Gasteiger partial charge on any atom is 0.301 e. The van der Waals surface area contributed by atoms with Gasteiger partial charge in [0, 0.05) is 83.4 Å². The first-order valence-electron chi connectivity index (χ1n) is 40.0. The highest BCUT2D eigenvalue weighted by Gasteiger charge is 2.33. The summed E-state index contributed by atoms with van der Waals surface area (Å²) in [6.45, 7) is 20.2. The van der Waals surface area contributed by atoms with Gasteiger partial charge in [0.25, 0.3) is 0 Å². The summed E-state index contributed by atoms with van der Waals surface area (Å²) < 4.78 is 233. The summed E-state index contributed by atoms with van der Waals surface area (Å²) in [5.74, 6) is 1.67. The summed E-state index contributed by atoms with van der Waals surface area (Å²) in [6, 6.07) is 31.3. The van der Waals surface area contributed by atoms with Crippen molar-refractivity contribution in [3.63, 3.8) is 0 Å². The van der Waals surface area contributed by atoms with Crippen molar-refractivity contribution in [2.45, 2.75) is 139 Å². The molecule has 0 bridgehead atoms. The molecule has 8 aromatic rings. The predicted molar refractivity (Wildman–Crippen MR) is 475 cm³/mol. The number of aromatic nitrogens is 6. The van der Waals surface area contributed by atoms with Crippen molar-refractivity contribution < 1.29 is 76.1 Å². The Kier molecular flexibility index (Phi) is 34.2. The minimum atomic E-state index is -3.49. The van der Waals surface area contributed by atoms with E-state index in [0.717, 1.165) is 105 Å². The lowest BCUT2D eigenvalue weighted by Gasteiger charge is -2.28. The van der Waals surface area contributed by atoms with E-state index in [2.05, 4.69) is 44.1 Å². The van der Waals surface area contributed by atoms with Gasteiger partial charge in [-0.25, -0.2) is 70.8 Å². The second kappa shape index (κ2) is 43.1. The van der Waals surface area contributed by atoms with Gasteiger partial charge in [0.05, 0.1) is 111 Å². The standard InChI is InChI=1S/C11H14FNO2S.C11H15NO2S.C10H13FN2O2S.2C10H14N2O2S.3C9H13N3O2S/c1-9-4-5-10(8-11(9)12)13-6-2-3-7-16(13,14)15;1-10-4-6-11(7-5-10)12-8-2-3-9-15(12,13)14;1-8-3-4-9(7-10(8)11)13-6-2-5-12-16(13,14)15;1-9-3-5-10(6-4-9)12-8-2-7-11-15(12,13)14;1-9-4-5-10(8-11-9)12-6-2-3-7-15(12,13)14;1-8-3-4-9(7-10-8)12-6-2-5-11-15(12,13)14;2*1-8-10-6-9(7-11-8)12-4-2-3-5-15(12,13)14/h4-5,8H,2-3,6-7H2,1H3;4-7H,2-3,8-9H2,1H3;3-4,7,12H,2,5-6H2,1H3;3-6,11H,2,7-8H2,1H3;4-5,8H,2-3,6-7H2,1H3;3-4,7,11H,2,5-6H2,1H3;2*6-7H,2-5H2,1H3. The Morgan fingerprint density at radius 1 is 0.254 bits per heavy atom. The maximum atomic E-state index is 13.4. The van der Waals surface area contributed by atoms with Crippen LogP contribution in [0.2, 0.25) is 0 Å². The smallest absolute Gasteiger partial charge is 0.270 e. The fourth-order valence-electron chi connectivity index (χ4n) is 13.2. The van der Waals surface area contributed by atoms with Gasteiger partial charge < -0.3 is 0 Å². The molecule has 33 nitrogen and oxygen atoms in total. The number of pyridine rings is 2. The van der Waals surface area contributed by atoms with Gasteiger partial charge in [0.1, 0.15) is 23.3 Å². The van der Waals surface area contributed by atoms with Crippen molar-refractivity contribution >= 4 is 126 Å². The molecule has 12 heterocycles. The molecular weight excluding hydrogens is 1740 g/mol. The molecule has 668 valence electrons. The van der Waals surface area contributed by atoms with Crippen LogP contribution in [0.5, 0.6) is 0 Å². The minimum absolute atomic E-state index is 0.155. The number of hydrogen-bond acceptors (Lipinski definition) is 22. The normalized spacial score (nSPS) is 20.1. The molecule has 122 heavy (non-hydrogen) atoms. The van der Waals surface area contributed by atoms with E-state index in [0.29, 0.717) is 142 Å². The first-order valence-corrected chi connectivity index (χ1v) is 52.4. The van der Waals surface area contributed by atoms with Crippen molar-refractivity contribution in [2.75, 3.05) is 135 Å². The van der Waals surface area contributed by atoms with E-state index in [9.17, 15) is 76.1 Å². The van der Waals surface area contributed by atoms with Crippen LogP contribution >= 0.6 is 0 Å². The number of rotatable bonds is 8. The van der Waals surface area contributed by atoms with Crippen molar-refractivity contribution in [2.24, 2.45) is 0 Å².